The molecular formula is C16H26N2O3. The molecular weight excluding hydrogens is 268 g/mol. The summed E-state index contributed by atoms with van der Waals surface area (Å²) in [6.45, 7) is 1.28. The minimum Gasteiger partial charge on any atom is -0.480 e. The largest absolute Gasteiger partial charge is 0.480 e. The second kappa shape index (κ2) is 6.24. The third kappa shape index (κ3) is 3.50. The van der Waals surface area contributed by atoms with Crippen LogP contribution >= 0.6 is 0 Å². The Balaban J connectivity index is 1.68. The molecule has 21 heavy (non-hydrogen) atoms. The molecule has 0 aromatic heterocycles. The molecule has 3 aliphatic rings. The van der Waals surface area contributed by atoms with Gasteiger partial charge in [-0.25, -0.2) is 4.79 Å². The number of carboxylic acid groups (broad SMARTS) is 1. The first-order valence-electron chi connectivity index (χ1n) is 8.42. The predicted molar refractivity (Wildman–Crippen MR) is 79.0 cm³/mol. The van der Waals surface area contributed by atoms with Gasteiger partial charge in [-0.3, -0.25) is 4.79 Å². The lowest BCUT2D eigenvalue weighted by Gasteiger charge is -2.45. The number of fused-ring (bicyclic) bond motifs is 1. The lowest BCUT2D eigenvalue weighted by molar-refractivity contribution is -0.137. The van der Waals surface area contributed by atoms with Gasteiger partial charge in [0.05, 0.1) is 0 Å². The molecule has 0 spiro atoms. The maximum absolute atomic E-state index is 12.8. The van der Waals surface area contributed by atoms with Crippen molar-refractivity contribution in [1.29, 1.82) is 0 Å². The molecule has 2 unspecified atom stereocenters. The Morgan fingerprint density at radius 2 is 1.76 bits per heavy atom. The van der Waals surface area contributed by atoms with Crippen LogP contribution in [-0.2, 0) is 4.79 Å². The van der Waals surface area contributed by atoms with Crippen molar-refractivity contribution in [1.82, 2.24) is 9.80 Å². The molecule has 2 amide bonds. The van der Waals surface area contributed by atoms with Crippen molar-refractivity contribution < 1.29 is 14.7 Å². The summed E-state index contributed by atoms with van der Waals surface area (Å²) in [5.41, 5.74) is 0. The van der Waals surface area contributed by atoms with Crippen LogP contribution in [0.25, 0.3) is 0 Å². The second-order valence-corrected chi connectivity index (χ2v) is 6.95. The Hall–Kier alpha value is -1.26. The van der Waals surface area contributed by atoms with Crippen molar-refractivity contribution in [3.63, 3.8) is 0 Å². The van der Waals surface area contributed by atoms with Gasteiger partial charge in [0.1, 0.15) is 6.54 Å². The average molecular weight is 294 g/mol. The van der Waals surface area contributed by atoms with Crippen LogP contribution in [0.5, 0.6) is 0 Å². The summed E-state index contributed by atoms with van der Waals surface area (Å²) in [5.74, 6) is 0.269. The number of hydrogen-bond donors (Lipinski definition) is 1. The number of urea groups is 1. The molecule has 2 saturated carbocycles. The lowest BCUT2D eigenvalue weighted by Crippen LogP contribution is -2.55. The molecule has 0 aromatic rings. The van der Waals surface area contributed by atoms with Crippen molar-refractivity contribution in [2.24, 2.45) is 11.8 Å². The number of carboxylic acids is 1. The van der Waals surface area contributed by atoms with E-state index in [-0.39, 0.29) is 12.6 Å². The number of amides is 2. The van der Waals surface area contributed by atoms with E-state index in [1.54, 1.807) is 4.90 Å². The van der Waals surface area contributed by atoms with E-state index in [2.05, 4.69) is 0 Å². The number of hydrogen-bond acceptors (Lipinski definition) is 2. The van der Waals surface area contributed by atoms with Gasteiger partial charge < -0.3 is 14.9 Å². The molecule has 1 N–H and O–H groups in total. The number of carbonyl (C=O) groups is 2. The van der Waals surface area contributed by atoms with Gasteiger partial charge in [-0.15, -0.1) is 0 Å². The fourth-order valence-electron chi connectivity index (χ4n) is 4.03. The molecule has 3 fully saturated rings. The number of likely N-dealkylation sites (tertiary alicyclic amines) is 1. The fraction of sp³-hybridized carbons (Fsp3) is 0.875. The second-order valence-electron chi connectivity index (χ2n) is 6.95. The third-order valence-electron chi connectivity index (χ3n) is 5.26. The van der Waals surface area contributed by atoms with Crippen molar-refractivity contribution in [3.8, 4) is 0 Å². The quantitative estimate of drug-likeness (QED) is 0.867. The Morgan fingerprint density at radius 3 is 2.48 bits per heavy atom. The summed E-state index contributed by atoms with van der Waals surface area (Å²) in [6.07, 6.45) is 9.38. The molecule has 118 valence electrons. The minimum absolute atomic E-state index is 0.0269. The molecule has 1 aliphatic heterocycles. The van der Waals surface area contributed by atoms with E-state index < -0.39 is 5.97 Å². The van der Waals surface area contributed by atoms with Crippen LogP contribution in [0.4, 0.5) is 4.79 Å². The normalized spacial score (nSPS) is 28.9. The van der Waals surface area contributed by atoms with E-state index in [4.69, 9.17) is 5.11 Å². The van der Waals surface area contributed by atoms with E-state index in [1.807, 2.05) is 4.90 Å². The predicted octanol–water partition coefficient (Wildman–Crippen LogP) is 2.56. The molecule has 0 aromatic carbocycles. The summed E-state index contributed by atoms with van der Waals surface area (Å²) in [7, 11) is 0. The van der Waals surface area contributed by atoms with Crippen LogP contribution in [0.3, 0.4) is 0 Å². The minimum atomic E-state index is -0.902. The summed E-state index contributed by atoms with van der Waals surface area (Å²) in [5, 5.41) is 9.08. The summed E-state index contributed by atoms with van der Waals surface area (Å²) in [4.78, 5) is 27.5. The molecule has 0 radical (unpaired) electrons. The molecule has 2 atom stereocenters. The zero-order valence-corrected chi connectivity index (χ0v) is 12.7. The summed E-state index contributed by atoms with van der Waals surface area (Å²) < 4.78 is 0. The Kier molecular flexibility index (Phi) is 4.36. The molecule has 0 bridgehead atoms. The van der Waals surface area contributed by atoms with Gasteiger partial charge >= 0.3 is 12.0 Å². The first kappa shape index (κ1) is 14.7. The zero-order chi connectivity index (χ0) is 14.8. The van der Waals surface area contributed by atoms with Crippen LogP contribution in [-0.4, -0.2) is 52.6 Å². The van der Waals surface area contributed by atoms with Crippen molar-refractivity contribution in [3.05, 3.63) is 0 Å². The van der Waals surface area contributed by atoms with Crippen LogP contribution in [0.1, 0.15) is 51.4 Å². The van der Waals surface area contributed by atoms with Crippen LogP contribution in [0.15, 0.2) is 0 Å². The van der Waals surface area contributed by atoms with Gasteiger partial charge in [-0.05, 0) is 50.4 Å². The van der Waals surface area contributed by atoms with E-state index in [1.165, 1.54) is 25.7 Å². The highest BCUT2D eigenvalue weighted by Crippen LogP contribution is 2.36. The smallest absolute Gasteiger partial charge is 0.323 e. The Labute approximate surface area is 126 Å². The zero-order valence-electron chi connectivity index (χ0n) is 12.7. The van der Waals surface area contributed by atoms with Gasteiger partial charge in [0.15, 0.2) is 0 Å². The molecule has 5 heteroatoms. The number of carbonyl (C=O) groups excluding carboxylic acids is 1. The maximum atomic E-state index is 12.8. The van der Waals surface area contributed by atoms with Crippen LogP contribution < -0.4 is 0 Å². The molecule has 5 nitrogen and oxygen atoms in total. The Bertz CT molecular complexity index is 406. The van der Waals surface area contributed by atoms with Gasteiger partial charge in [0.25, 0.3) is 0 Å². The van der Waals surface area contributed by atoms with E-state index in [9.17, 15) is 9.59 Å². The Morgan fingerprint density at radius 1 is 1.05 bits per heavy atom. The number of rotatable bonds is 4. The van der Waals surface area contributed by atoms with Gasteiger partial charge in [-0.1, -0.05) is 12.8 Å². The van der Waals surface area contributed by atoms with Crippen molar-refractivity contribution >= 4 is 12.0 Å². The molecule has 2 aliphatic carbocycles. The number of nitrogens with zero attached hydrogens (tertiary/aromatic N) is 2. The monoisotopic (exact) mass is 294 g/mol. The highest BCUT2D eigenvalue weighted by atomic mass is 16.4. The van der Waals surface area contributed by atoms with Gasteiger partial charge in [-0.2, -0.15) is 0 Å². The van der Waals surface area contributed by atoms with E-state index >= 15 is 0 Å². The summed E-state index contributed by atoms with van der Waals surface area (Å²) >= 11 is 0. The first-order valence-corrected chi connectivity index (χ1v) is 8.42. The molecule has 1 heterocycles. The third-order valence-corrected chi connectivity index (χ3v) is 5.26. The SMILES string of the molecule is O=C(O)CN(CC1CC1)C(=O)N1CCCC2CCCCC21. The lowest BCUT2D eigenvalue weighted by atomic mass is 9.78. The molecule has 3 rings (SSSR count). The van der Waals surface area contributed by atoms with Crippen LogP contribution in [0.2, 0.25) is 0 Å². The summed E-state index contributed by atoms with van der Waals surface area (Å²) in [6, 6.07) is 0.330. The van der Waals surface area contributed by atoms with Crippen molar-refractivity contribution in [2.75, 3.05) is 19.6 Å². The number of aliphatic carboxylic acids is 1. The van der Waals surface area contributed by atoms with E-state index in [0.717, 1.165) is 32.2 Å². The highest BCUT2D eigenvalue weighted by molar-refractivity contribution is 5.80. The molecule has 1 saturated heterocycles. The van der Waals surface area contributed by atoms with Crippen LogP contribution in [0, 0.1) is 11.8 Å². The number of piperidine rings is 1. The van der Waals surface area contributed by atoms with Crippen molar-refractivity contribution in [2.45, 2.75) is 57.4 Å². The maximum Gasteiger partial charge on any atom is 0.323 e. The first-order chi connectivity index (χ1) is 10.1. The standard InChI is InChI=1S/C16H26N2O3/c19-15(20)11-17(10-12-7-8-12)16(21)18-9-3-5-13-4-1-2-6-14(13)18/h12-14H,1-11H2,(H,19,20). The van der Waals surface area contributed by atoms with E-state index in [0.29, 0.717) is 24.4 Å². The van der Waals surface area contributed by atoms with Gasteiger partial charge in [0, 0.05) is 19.1 Å². The fourth-order valence-corrected chi connectivity index (χ4v) is 4.03. The highest BCUT2D eigenvalue weighted by Gasteiger charge is 2.38. The topological polar surface area (TPSA) is 60.9 Å². The van der Waals surface area contributed by atoms with Gasteiger partial charge in [0.2, 0.25) is 0 Å². The average Bonchev–Trinajstić information content (AvgIpc) is 3.29.